The summed E-state index contributed by atoms with van der Waals surface area (Å²) in [4.78, 5) is 24.2. The van der Waals surface area contributed by atoms with Crippen molar-refractivity contribution in [2.24, 2.45) is 45.3 Å². The number of phosphoric ester groups is 2. The molecule has 8 rings (SSSR count). The van der Waals surface area contributed by atoms with Gasteiger partial charge in [0.2, 0.25) is 0 Å². The highest BCUT2D eigenvalue weighted by atomic mass is 31.3. The molecule has 0 aromatic heterocycles. The highest BCUT2D eigenvalue weighted by Gasteiger charge is 2.65. The van der Waals surface area contributed by atoms with Gasteiger partial charge in [-0.15, -0.1) is 0 Å². The summed E-state index contributed by atoms with van der Waals surface area (Å²) in [6, 6.07) is 0. The molecule has 8 aliphatic rings. The molecular formula is C40H52O11P2. The lowest BCUT2D eigenvalue weighted by molar-refractivity contribution is -0.174. The van der Waals surface area contributed by atoms with Crippen LogP contribution in [0.5, 0.6) is 0 Å². The summed E-state index contributed by atoms with van der Waals surface area (Å²) in [5.74, 6) is -0.296. The lowest BCUT2D eigenvalue weighted by atomic mass is 9.46. The summed E-state index contributed by atoms with van der Waals surface area (Å²) in [7, 11) is -8.66. The topological polar surface area (TPSA) is 133 Å². The highest BCUT2D eigenvalue weighted by Crippen LogP contribution is 2.76. The highest BCUT2D eigenvalue weighted by molar-refractivity contribution is 7.62. The van der Waals surface area contributed by atoms with Crippen LogP contribution in [0.2, 0.25) is 0 Å². The quantitative estimate of drug-likeness (QED) is 0.146. The van der Waals surface area contributed by atoms with Crippen molar-refractivity contribution < 1.29 is 50.6 Å². The molecule has 11 nitrogen and oxygen atoms in total. The monoisotopic (exact) mass is 770 g/mol. The summed E-state index contributed by atoms with van der Waals surface area (Å²) < 4.78 is 68.8. The molecule has 4 aliphatic heterocycles. The number of rotatable bonds is 6. The Morgan fingerprint density at radius 3 is 1.47 bits per heavy atom. The minimum Gasteiger partial charge on any atom is -0.458 e. The molecule has 2 saturated heterocycles. The Hall–Kier alpha value is -2.36. The zero-order valence-corrected chi connectivity index (χ0v) is 33.0. The molecule has 288 valence electrons. The Morgan fingerprint density at radius 1 is 0.679 bits per heavy atom. The first-order valence-electron chi connectivity index (χ1n) is 19.1. The number of fused-ring (bicyclic) bond motifs is 6. The maximum atomic E-state index is 14.2. The average molecular weight is 771 g/mol. The van der Waals surface area contributed by atoms with Gasteiger partial charge in [0.1, 0.15) is 13.2 Å². The van der Waals surface area contributed by atoms with E-state index in [0.29, 0.717) is 37.2 Å². The Morgan fingerprint density at radius 2 is 1.09 bits per heavy atom. The van der Waals surface area contributed by atoms with Crippen molar-refractivity contribution in [1.29, 1.82) is 0 Å². The molecule has 12 atom stereocenters. The zero-order chi connectivity index (χ0) is 37.6. The van der Waals surface area contributed by atoms with Crippen LogP contribution in [0, 0.1) is 45.3 Å². The average Bonchev–Trinajstić information content (AvgIpc) is 3.71. The van der Waals surface area contributed by atoms with Crippen molar-refractivity contribution in [3.8, 4) is 0 Å². The lowest BCUT2D eigenvalue weighted by Crippen LogP contribution is -2.59. The Bertz CT molecular complexity index is 1720. The maximum Gasteiger partial charge on any atom is 0.484 e. The van der Waals surface area contributed by atoms with Gasteiger partial charge in [-0.25, -0.2) is 18.7 Å². The van der Waals surface area contributed by atoms with Crippen LogP contribution < -0.4 is 0 Å². The van der Waals surface area contributed by atoms with Crippen molar-refractivity contribution in [1.82, 2.24) is 0 Å². The van der Waals surface area contributed by atoms with E-state index < -0.39 is 38.7 Å². The van der Waals surface area contributed by atoms with Crippen LogP contribution in [0.4, 0.5) is 0 Å². The normalized spacial score (nSPS) is 48.4. The van der Waals surface area contributed by atoms with Crippen LogP contribution in [0.1, 0.15) is 79.1 Å². The van der Waals surface area contributed by atoms with E-state index in [-0.39, 0.29) is 59.7 Å². The van der Waals surface area contributed by atoms with Gasteiger partial charge in [0, 0.05) is 22.7 Å². The third kappa shape index (κ3) is 6.12. The maximum absolute atomic E-state index is 14.2. The molecular weight excluding hydrogens is 718 g/mol. The van der Waals surface area contributed by atoms with E-state index in [1.807, 2.05) is 12.2 Å². The third-order valence-electron chi connectivity index (χ3n) is 14.6. The molecule has 6 fully saturated rings. The molecule has 0 amide bonds. The molecule has 0 aromatic rings. The van der Waals surface area contributed by atoms with Crippen LogP contribution in [-0.4, -0.2) is 50.6 Å². The summed E-state index contributed by atoms with van der Waals surface area (Å²) in [6.07, 6.45) is 16.6. The third-order valence-corrected chi connectivity index (χ3v) is 18.1. The molecule has 13 heteroatoms. The van der Waals surface area contributed by atoms with Gasteiger partial charge in [-0.1, -0.05) is 76.3 Å². The molecule has 0 spiro atoms. The second-order valence-electron chi connectivity index (χ2n) is 17.5. The predicted molar refractivity (Wildman–Crippen MR) is 196 cm³/mol. The first-order valence-corrected chi connectivity index (χ1v) is 22.0. The van der Waals surface area contributed by atoms with Gasteiger partial charge < -0.3 is 9.47 Å². The number of carbonyl (C=O) groups is 2. The Kier molecular flexibility index (Phi) is 9.29. The number of hydrogen-bond acceptors (Lipinski definition) is 11. The number of cyclic esters (lactones) is 2. The number of hydrogen-bond donors (Lipinski definition) is 0. The van der Waals surface area contributed by atoms with Crippen LogP contribution in [0.3, 0.4) is 0 Å². The Balaban J connectivity index is 0.953. The fraction of sp³-hybridized carbons (Fsp3) is 0.650. The molecule has 0 aromatic carbocycles. The second kappa shape index (κ2) is 13.1. The molecule has 4 aliphatic carbocycles. The van der Waals surface area contributed by atoms with Crippen LogP contribution in [-0.2, 0) is 50.6 Å². The van der Waals surface area contributed by atoms with E-state index in [1.165, 1.54) is 0 Å². The molecule has 0 bridgehead atoms. The van der Waals surface area contributed by atoms with E-state index in [4.69, 9.17) is 31.9 Å². The number of allylic oxidation sites excluding steroid dienone is 4. The summed E-state index contributed by atoms with van der Waals surface area (Å²) in [5, 5.41) is 0. The van der Waals surface area contributed by atoms with Crippen molar-refractivity contribution in [2.75, 3.05) is 26.4 Å². The minimum atomic E-state index is -4.33. The van der Waals surface area contributed by atoms with Crippen molar-refractivity contribution >= 4 is 27.6 Å². The van der Waals surface area contributed by atoms with Crippen LogP contribution >= 0.6 is 15.6 Å². The van der Waals surface area contributed by atoms with Crippen molar-refractivity contribution in [2.45, 2.75) is 91.3 Å². The van der Waals surface area contributed by atoms with E-state index in [9.17, 15) is 18.7 Å². The molecule has 53 heavy (non-hydrogen) atoms. The van der Waals surface area contributed by atoms with Gasteiger partial charge in [-0.3, -0.25) is 18.1 Å². The summed E-state index contributed by atoms with van der Waals surface area (Å²) in [5.41, 5.74) is 1.98. The predicted octanol–water partition coefficient (Wildman–Crippen LogP) is 8.91. The number of esters is 2. The fourth-order valence-corrected chi connectivity index (χ4v) is 15.7. The number of ether oxygens (including phenoxy) is 2. The Labute approximate surface area is 312 Å². The van der Waals surface area contributed by atoms with Gasteiger partial charge in [-0.05, 0) is 86.2 Å². The standard InChI is InChI=1S/C40H52O11P2/c1-25-7-13-31-37(3,29(25)11-9-27-17-21-45-35(27)41)19-15-33-39(31,5)23-47-52(43,49-33)51-53(44)48-24-40(6)32-14-8-26(2)30(12-10-28-18-22-46-36(28)42)38(32,4)20-16-34(40)50-53/h9-12,17-18,29-34H,1-2,7-8,13-16,19-24H2,3-6H3/b11-9+,12-10+/t29-,30-,31+,32+,33-,34-,37+,38+,39+,40+,52+,53+/m1/s1. The molecule has 0 radical (unpaired) electrons. The lowest BCUT2D eigenvalue weighted by Gasteiger charge is -2.62. The van der Waals surface area contributed by atoms with E-state index in [1.54, 1.807) is 12.2 Å². The van der Waals surface area contributed by atoms with Gasteiger partial charge in [0.25, 0.3) is 0 Å². The van der Waals surface area contributed by atoms with E-state index >= 15 is 0 Å². The fourth-order valence-electron chi connectivity index (χ4n) is 11.7. The van der Waals surface area contributed by atoms with Gasteiger partial charge >= 0.3 is 27.6 Å². The van der Waals surface area contributed by atoms with Gasteiger partial charge in [0.15, 0.2) is 0 Å². The van der Waals surface area contributed by atoms with E-state index in [2.05, 4.69) is 53.0 Å². The number of carbonyl (C=O) groups excluding carboxylic acids is 2. The molecule has 0 unspecified atom stereocenters. The summed E-state index contributed by atoms with van der Waals surface area (Å²) >= 11 is 0. The van der Waals surface area contributed by atoms with Crippen LogP contribution in [0.15, 0.2) is 71.9 Å². The second-order valence-corrected chi connectivity index (χ2v) is 20.9. The first-order chi connectivity index (χ1) is 25.0. The van der Waals surface area contributed by atoms with Gasteiger partial charge in [-0.2, -0.15) is 4.31 Å². The first kappa shape index (κ1) is 37.6. The SMILES string of the molecule is C=C1CC[C@@H]2[C@]3(C)CO[P@](=O)(O[P@@]4(=O)OC[C@@]5(C)[C@H]6CCC(=C)[C@@H](/C=C/C7=CCOC7=O)[C@]6(C)CC[C@H]5O4)O[C@@H]3CC[C@@]2(C)[C@@H]1/C=C/C1=CCOC1=O. The zero-order valence-electron chi connectivity index (χ0n) is 31.2. The van der Waals surface area contributed by atoms with Crippen molar-refractivity contribution in [3.63, 3.8) is 0 Å². The minimum absolute atomic E-state index is 0.0295. The van der Waals surface area contributed by atoms with Crippen LogP contribution in [0.25, 0.3) is 0 Å². The molecule has 4 heterocycles. The number of phosphoric acid groups is 2. The smallest absolute Gasteiger partial charge is 0.458 e. The van der Waals surface area contributed by atoms with Crippen molar-refractivity contribution in [3.05, 3.63) is 71.9 Å². The van der Waals surface area contributed by atoms with E-state index in [0.717, 1.165) is 49.7 Å². The molecule has 0 N–H and O–H groups in total. The van der Waals surface area contributed by atoms with Gasteiger partial charge in [0.05, 0.1) is 36.6 Å². The molecule has 4 saturated carbocycles. The summed E-state index contributed by atoms with van der Waals surface area (Å²) in [6.45, 7) is 18.4. The largest absolute Gasteiger partial charge is 0.484 e.